The van der Waals surface area contributed by atoms with Crippen molar-refractivity contribution in [1.82, 2.24) is 15.2 Å². The molecule has 0 aliphatic carbocycles. The monoisotopic (exact) mass is 424 g/mol. The first-order valence-electron chi connectivity index (χ1n) is 9.99. The summed E-state index contributed by atoms with van der Waals surface area (Å²) in [4.78, 5) is 31.6. The van der Waals surface area contributed by atoms with Crippen LogP contribution in [-0.2, 0) is 0 Å². The highest BCUT2D eigenvalue weighted by Gasteiger charge is 2.13. The van der Waals surface area contributed by atoms with E-state index in [1.54, 1.807) is 30.3 Å². The molecule has 0 saturated heterocycles. The quantitative estimate of drug-likeness (QED) is 0.531. The molecule has 0 fully saturated rings. The summed E-state index contributed by atoms with van der Waals surface area (Å²) >= 11 is 6.07. The Hall–Kier alpha value is -2.96. The number of rotatable bonds is 8. The number of aromatic nitrogens is 1. The number of likely N-dealkylation sites (N-methyl/N-ethyl adjacent to an activating group) is 1. The molecule has 0 saturated carbocycles. The number of amides is 2. The molecule has 2 aromatic carbocycles. The average molecular weight is 425 g/mol. The molecule has 0 unspecified atom stereocenters. The van der Waals surface area contributed by atoms with E-state index in [2.05, 4.69) is 34.4 Å². The van der Waals surface area contributed by atoms with Crippen molar-refractivity contribution in [2.45, 2.75) is 13.8 Å². The van der Waals surface area contributed by atoms with Crippen molar-refractivity contribution in [3.05, 3.63) is 70.9 Å². The van der Waals surface area contributed by atoms with Crippen LogP contribution < -0.4 is 10.6 Å². The van der Waals surface area contributed by atoms with Crippen LogP contribution in [0.4, 0.5) is 5.69 Å². The lowest BCUT2D eigenvalue weighted by Gasteiger charge is -2.18. The van der Waals surface area contributed by atoms with E-state index >= 15 is 0 Å². The van der Waals surface area contributed by atoms with Crippen LogP contribution in [0.25, 0.3) is 10.9 Å². The zero-order valence-corrected chi connectivity index (χ0v) is 17.9. The first-order chi connectivity index (χ1) is 14.5. The van der Waals surface area contributed by atoms with Crippen LogP contribution in [0.1, 0.15) is 34.6 Å². The lowest BCUT2D eigenvalue weighted by Crippen LogP contribution is -2.34. The Morgan fingerprint density at radius 1 is 1.00 bits per heavy atom. The van der Waals surface area contributed by atoms with Crippen LogP contribution in [0, 0.1) is 0 Å². The number of anilines is 1. The van der Waals surface area contributed by atoms with Crippen LogP contribution in [0.5, 0.6) is 0 Å². The molecule has 3 rings (SSSR count). The lowest BCUT2D eigenvalue weighted by atomic mass is 10.1. The second kappa shape index (κ2) is 10.2. The second-order valence-corrected chi connectivity index (χ2v) is 7.21. The number of halogens is 1. The minimum Gasteiger partial charge on any atom is -0.351 e. The molecule has 6 nitrogen and oxygen atoms in total. The number of benzene rings is 2. The highest BCUT2D eigenvalue weighted by atomic mass is 35.5. The molecule has 0 aliphatic heterocycles. The molecule has 0 spiro atoms. The zero-order valence-electron chi connectivity index (χ0n) is 17.1. The highest BCUT2D eigenvalue weighted by molar-refractivity contribution is 6.30. The zero-order chi connectivity index (χ0) is 21.5. The first-order valence-corrected chi connectivity index (χ1v) is 10.4. The van der Waals surface area contributed by atoms with E-state index in [0.29, 0.717) is 28.9 Å². The van der Waals surface area contributed by atoms with Crippen molar-refractivity contribution in [1.29, 1.82) is 0 Å². The molecular weight excluding hydrogens is 400 g/mol. The molecule has 7 heteroatoms. The molecule has 0 bridgehead atoms. The maximum Gasteiger partial charge on any atom is 0.256 e. The van der Waals surface area contributed by atoms with Crippen molar-refractivity contribution in [3.8, 4) is 0 Å². The molecule has 0 aliphatic rings. The SMILES string of the molecule is CCN(CC)CCNC(=O)c1ccc(NC(=O)c2cc(Cl)nc3ccccc23)cc1. The molecule has 1 heterocycles. The Bertz CT molecular complexity index is 1030. The van der Waals surface area contributed by atoms with Gasteiger partial charge in [0.15, 0.2) is 0 Å². The normalized spacial score (nSPS) is 10.9. The summed E-state index contributed by atoms with van der Waals surface area (Å²) in [6, 6.07) is 15.7. The molecule has 156 valence electrons. The number of nitrogens with zero attached hydrogens (tertiary/aromatic N) is 2. The van der Waals surface area contributed by atoms with Gasteiger partial charge < -0.3 is 15.5 Å². The van der Waals surface area contributed by atoms with Crippen molar-refractivity contribution < 1.29 is 9.59 Å². The Labute approximate surface area is 181 Å². The number of hydrogen-bond donors (Lipinski definition) is 2. The Kier molecular flexibility index (Phi) is 7.38. The molecular formula is C23H25ClN4O2. The van der Waals surface area contributed by atoms with E-state index in [-0.39, 0.29) is 17.0 Å². The van der Waals surface area contributed by atoms with Gasteiger partial charge in [-0.25, -0.2) is 4.98 Å². The summed E-state index contributed by atoms with van der Waals surface area (Å²) in [5.41, 5.74) is 2.25. The first kappa shape index (κ1) is 21.7. The van der Waals surface area contributed by atoms with Crippen LogP contribution in [-0.4, -0.2) is 47.9 Å². The lowest BCUT2D eigenvalue weighted by molar-refractivity contribution is 0.0948. The number of carbonyl (C=O) groups excluding carboxylic acids is 2. The van der Waals surface area contributed by atoms with Crippen molar-refractivity contribution in [2.24, 2.45) is 0 Å². The van der Waals surface area contributed by atoms with Gasteiger partial charge in [-0.1, -0.05) is 43.6 Å². The van der Waals surface area contributed by atoms with Gasteiger partial charge in [-0.2, -0.15) is 0 Å². The van der Waals surface area contributed by atoms with Gasteiger partial charge in [0.05, 0.1) is 11.1 Å². The summed E-state index contributed by atoms with van der Waals surface area (Å²) in [5.74, 6) is -0.418. The Balaban J connectivity index is 1.65. The largest absolute Gasteiger partial charge is 0.351 e. The number of nitrogens with one attached hydrogen (secondary N) is 2. The number of para-hydroxylation sites is 1. The van der Waals surface area contributed by atoms with Crippen molar-refractivity contribution in [2.75, 3.05) is 31.5 Å². The molecule has 2 N–H and O–H groups in total. The summed E-state index contributed by atoms with van der Waals surface area (Å²) in [6.45, 7) is 7.52. The smallest absolute Gasteiger partial charge is 0.256 e. The summed E-state index contributed by atoms with van der Waals surface area (Å²) in [5, 5.41) is 6.76. The van der Waals surface area contributed by atoms with Crippen LogP contribution >= 0.6 is 11.6 Å². The highest BCUT2D eigenvalue weighted by Crippen LogP contribution is 2.22. The van der Waals surface area contributed by atoms with Crippen LogP contribution in [0.2, 0.25) is 5.15 Å². The molecule has 0 radical (unpaired) electrons. The van der Waals surface area contributed by atoms with Gasteiger partial charge in [0.25, 0.3) is 11.8 Å². The van der Waals surface area contributed by atoms with Gasteiger partial charge in [0, 0.05) is 29.7 Å². The maximum atomic E-state index is 12.8. The van der Waals surface area contributed by atoms with Gasteiger partial charge >= 0.3 is 0 Å². The Morgan fingerprint density at radius 3 is 2.40 bits per heavy atom. The van der Waals surface area contributed by atoms with E-state index in [1.807, 2.05) is 24.3 Å². The van der Waals surface area contributed by atoms with Crippen molar-refractivity contribution >= 4 is 40.0 Å². The van der Waals surface area contributed by atoms with Gasteiger partial charge in [0.1, 0.15) is 5.15 Å². The fraction of sp³-hybridized carbons (Fsp3) is 0.261. The molecule has 1 aromatic heterocycles. The fourth-order valence-corrected chi connectivity index (χ4v) is 3.40. The third kappa shape index (κ3) is 5.34. The molecule has 3 aromatic rings. The third-order valence-corrected chi connectivity index (χ3v) is 5.14. The minimum absolute atomic E-state index is 0.132. The topological polar surface area (TPSA) is 74.3 Å². The third-order valence-electron chi connectivity index (χ3n) is 4.94. The van der Waals surface area contributed by atoms with Gasteiger partial charge in [-0.15, -0.1) is 0 Å². The second-order valence-electron chi connectivity index (χ2n) is 6.82. The summed E-state index contributed by atoms with van der Waals surface area (Å²) in [6.07, 6.45) is 0. The predicted molar refractivity (Wildman–Crippen MR) is 121 cm³/mol. The van der Waals surface area contributed by atoms with Crippen LogP contribution in [0.3, 0.4) is 0 Å². The minimum atomic E-state index is -0.285. The Morgan fingerprint density at radius 2 is 1.70 bits per heavy atom. The average Bonchev–Trinajstić information content (AvgIpc) is 2.76. The van der Waals surface area contributed by atoms with E-state index < -0.39 is 0 Å². The number of hydrogen-bond acceptors (Lipinski definition) is 4. The molecule has 30 heavy (non-hydrogen) atoms. The number of pyridine rings is 1. The fourth-order valence-electron chi connectivity index (χ4n) is 3.20. The molecule has 2 amide bonds. The summed E-state index contributed by atoms with van der Waals surface area (Å²) in [7, 11) is 0. The summed E-state index contributed by atoms with van der Waals surface area (Å²) < 4.78 is 0. The molecule has 0 atom stereocenters. The van der Waals surface area contributed by atoms with Gasteiger partial charge in [-0.3, -0.25) is 9.59 Å². The number of fused-ring (bicyclic) bond motifs is 1. The maximum absolute atomic E-state index is 12.8. The van der Waals surface area contributed by atoms with Gasteiger partial charge in [-0.05, 0) is 49.5 Å². The van der Waals surface area contributed by atoms with E-state index in [4.69, 9.17) is 11.6 Å². The van der Waals surface area contributed by atoms with Gasteiger partial charge in [0.2, 0.25) is 0 Å². The predicted octanol–water partition coefficient (Wildman–Crippen LogP) is 4.21. The van der Waals surface area contributed by atoms with Crippen molar-refractivity contribution in [3.63, 3.8) is 0 Å². The van der Waals surface area contributed by atoms with E-state index in [9.17, 15) is 9.59 Å². The number of carbonyl (C=O) groups is 2. The van der Waals surface area contributed by atoms with E-state index in [0.717, 1.165) is 25.0 Å². The van der Waals surface area contributed by atoms with E-state index in [1.165, 1.54) is 0 Å². The standard InChI is InChI=1S/C23H25ClN4O2/c1-3-28(4-2)14-13-25-22(29)16-9-11-17(12-10-16)26-23(30)19-15-21(24)27-20-8-6-5-7-18(19)20/h5-12,15H,3-4,13-14H2,1-2H3,(H,25,29)(H,26,30). The van der Waals surface area contributed by atoms with Crippen LogP contribution in [0.15, 0.2) is 54.6 Å².